The number of rotatable bonds is 6. The molecule has 0 aromatic carbocycles. The van der Waals surface area contributed by atoms with Crippen molar-refractivity contribution in [3.63, 3.8) is 0 Å². The summed E-state index contributed by atoms with van der Waals surface area (Å²) in [6.45, 7) is 4.50. The van der Waals surface area contributed by atoms with Crippen LogP contribution in [0.25, 0.3) is 0 Å². The van der Waals surface area contributed by atoms with Crippen molar-refractivity contribution in [2.75, 3.05) is 39.0 Å². The van der Waals surface area contributed by atoms with Crippen molar-refractivity contribution in [3.8, 4) is 0 Å². The van der Waals surface area contributed by atoms with Crippen LogP contribution in [0.4, 0.5) is 5.13 Å². The number of likely N-dealkylation sites (N-methyl/N-ethyl adjacent to an activating group) is 1. The molecule has 2 N–H and O–H groups in total. The van der Waals surface area contributed by atoms with Gasteiger partial charge in [0.05, 0.1) is 0 Å². The molecule has 0 radical (unpaired) electrons. The summed E-state index contributed by atoms with van der Waals surface area (Å²) in [6.07, 6.45) is 0. The highest BCUT2D eigenvalue weighted by Gasteiger charge is 2.11. The highest BCUT2D eigenvalue weighted by molar-refractivity contribution is 7.17. The van der Waals surface area contributed by atoms with Crippen molar-refractivity contribution in [3.05, 3.63) is 5.01 Å². The average Bonchev–Trinajstić information content (AvgIpc) is 2.77. The van der Waals surface area contributed by atoms with E-state index in [9.17, 15) is 4.79 Å². The number of hydrogen-bond acceptors (Lipinski definition) is 6. The lowest BCUT2D eigenvalue weighted by Crippen LogP contribution is -2.32. The lowest BCUT2D eigenvalue weighted by Gasteiger charge is -2.13. The van der Waals surface area contributed by atoms with Gasteiger partial charge in [0.2, 0.25) is 10.1 Å². The molecule has 0 bridgehead atoms. The topological polar surface area (TPSA) is 70.2 Å². The van der Waals surface area contributed by atoms with Gasteiger partial charge in [-0.1, -0.05) is 18.3 Å². The molecule has 0 aliphatic carbocycles. The van der Waals surface area contributed by atoms with Crippen LogP contribution in [-0.2, 0) is 0 Å². The quantitative estimate of drug-likeness (QED) is 0.750. The number of aromatic nitrogens is 2. The Hall–Kier alpha value is -1.21. The molecule has 1 heterocycles. The lowest BCUT2D eigenvalue weighted by molar-refractivity contribution is 0.0949. The van der Waals surface area contributed by atoms with Gasteiger partial charge >= 0.3 is 0 Å². The molecule has 0 aliphatic rings. The number of nitrogens with zero attached hydrogens (tertiary/aromatic N) is 3. The maximum Gasteiger partial charge on any atom is 0.282 e. The maximum absolute atomic E-state index is 11.6. The number of hydrogen-bond donors (Lipinski definition) is 2. The van der Waals surface area contributed by atoms with Gasteiger partial charge in [-0.3, -0.25) is 4.79 Å². The average molecular weight is 243 g/mol. The molecular formula is C9H17N5OS. The van der Waals surface area contributed by atoms with Crippen molar-refractivity contribution >= 4 is 22.4 Å². The molecule has 1 rings (SSSR count). The number of carbonyl (C=O) groups excluding carboxylic acids is 1. The first-order valence-electron chi connectivity index (χ1n) is 5.15. The molecule has 0 spiro atoms. The van der Waals surface area contributed by atoms with Crippen LogP contribution in [0.3, 0.4) is 0 Å². The van der Waals surface area contributed by atoms with Gasteiger partial charge < -0.3 is 15.5 Å². The van der Waals surface area contributed by atoms with Gasteiger partial charge in [-0.15, -0.1) is 10.2 Å². The molecule has 1 aromatic heterocycles. The predicted octanol–water partition coefficient (Wildman–Crippen LogP) is 0.261. The molecule has 90 valence electrons. The van der Waals surface area contributed by atoms with E-state index in [1.165, 1.54) is 11.3 Å². The Morgan fingerprint density at radius 2 is 2.25 bits per heavy atom. The Bertz CT molecular complexity index is 340. The summed E-state index contributed by atoms with van der Waals surface area (Å²) in [5, 5.41) is 14.3. The van der Waals surface area contributed by atoms with E-state index in [4.69, 9.17) is 0 Å². The molecule has 1 aromatic rings. The van der Waals surface area contributed by atoms with Crippen LogP contribution < -0.4 is 10.6 Å². The van der Waals surface area contributed by atoms with E-state index >= 15 is 0 Å². The fourth-order valence-electron chi connectivity index (χ4n) is 1.01. The van der Waals surface area contributed by atoms with E-state index in [0.29, 0.717) is 16.7 Å². The minimum absolute atomic E-state index is 0.163. The number of carbonyl (C=O) groups is 1. The molecule has 0 atom stereocenters. The molecule has 0 saturated heterocycles. The Kier molecular flexibility index (Phi) is 5.13. The first kappa shape index (κ1) is 12.9. The number of amides is 1. The van der Waals surface area contributed by atoms with Gasteiger partial charge in [-0.25, -0.2) is 0 Å². The van der Waals surface area contributed by atoms with E-state index in [1.807, 2.05) is 7.05 Å². The summed E-state index contributed by atoms with van der Waals surface area (Å²) >= 11 is 1.25. The van der Waals surface area contributed by atoms with Gasteiger partial charge in [0.1, 0.15) is 0 Å². The van der Waals surface area contributed by atoms with Crippen LogP contribution >= 0.6 is 11.3 Å². The zero-order valence-corrected chi connectivity index (χ0v) is 10.6. The molecule has 7 heteroatoms. The van der Waals surface area contributed by atoms with E-state index < -0.39 is 0 Å². The summed E-state index contributed by atoms with van der Waals surface area (Å²) in [4.78, 5) is 13.7. The summed E-state index contributed by atoms with van der Waals surface area (Å²) in [6, 6.07) is 0. The Morgan fingerprint density at radius 3 is 2.81 bits per heavy atom. The first-order chi connectivity index (χ1) is 7.67. The molecule has 6 nitrogen and oxygen atoms in total. The second-order valence-electron chi connectivity index (χ2n) is 3.31. The third-order valence-electron chi connectivity index (χ3n) is 2.15. The first-order valence-corrected chi connectivity index (χ1v) is 5.97. The molecule has 16 heavy (non-hydrogen) atoms. The van der Waals surface area contributed by atoms with E-state index in [-0.39, 0.29) is 5.91 Å². The molecule has 0 fully saturated rings. The van der Waals surface area contributed by atoms with Gasteiger partial charge in [0, 0.05) is 20.1 Å². The number of anilines is 1. The second kappa shape index (κ2) is 6.39. The third-order valence-corrected chi connectivity index (χ3v) is 3.09. The predicted molar refractivity (Wildman–Crippen MR) is 65.0 cm³/mol. The summed E-state index contributed by atoms with van der Waals surface area (Å²) in [5.41, 5.74) is 0. The fraction of sp³-hybridized carbons (Fsp3) is 0.667. The molecule has 0 unspecified atom stereocenters. The Morgan fingerprint density at radius 1 is 1.50 bits per heavy atom. The molecular weight excluding hydrogens is 226 g/mol. The highest BCUT2D eigenvalue weighted by Crippen LogP contribution is 2.13. The fourth-order valence-corrected chi connectivity index (χ4v) is 1.62. The van der Waals surface area contributed by atoms with Gasteiger partial charge in [-0.2, -0.15) is 0 Å². The molecule has 0 saturated carbocycles. The molecule has 0 aliphatic heterocycles. The van der Waals surface area contributed by atoms with Crippen LogP contribution in [-0.4, -0.2) is 54.7 Å². The van der Waals surface area contributed by atoms with E-state index in [1.54, 1.807) is 7.05 Å². The second-order valence-corrected chi connectivity index (χ2v) is 4.29. The monoisotopic (exact) mass is 243 g/mol. The standard InChI is InChI=1S/C9H17N5OS/c1-4-14(3)6-5-11-7(15)8-12-13-9(10-2)16-8/h4-6H2,1-3H3,(H,10,13)(H,11,15). The van der Waals surface area contributed by atoms with Crippen molar-refractivity contribution in [2.24, 2.45) is 0 Å². The van der Waals surface area contributed by atoms with Crippen molar-refractivity contribution in [1.29, 1.82) is 0 Å². The van der Waals surface area contributed by atoms with Crippen molar-refractivity contribution in [2.45, 2.75) is 6.92 Å². The Balaban J connectivity index is 2.35. The van der Waals surface area contributed by atoms with Crippen LogP contribution in [0.1, 0.15) is 16.7 Å². The molecule has 1 amide bonds. The van der Waals surface area contributed by atoms with Crippen LogP contribution in [0, 0.1) is 0 Å². The largest absolute Gasteiger partial charge is 0.363 e. The third kappa shape index (κ3) is 3.74. The highest BCUT2D eigenvalue weighted by atomic mass is 32.1. The minimum Gasteiger partial charge on any atom is -0.363 e. The van der Waals surface area contributed by atoms with Gasteiger partial charge in [0.15, 0.2) is 0 Å². The minimum atomic E-state index is -0.163. The van der Waals surface area contributed by atoms with E-state index in [2.05, 4.69) is 32.7 Å². The van der Waals surface area contributed by atoms with Gasteiger partial charge in [0.25, 0.3) is 5.91 Å². The summed E-state index contributed by atoms with van der Waals surface area (Å²) in [7, 11) is 3.76. The smallest absolute Gasteiger partial charge is 0.282 e. The van der Waals surface area contributed by atoms with Crippen LogP contribution in [0.5, 0.6) is 0 Å². The summed E-state index contributed by atoms with van der Waals surface area (Å²) in [5.74, 6) is -0.163. The zero-order valence-electron chi connectivity index (χ0n) is 9.78. The lowest BCUT2D eigenvalue weighted by atomic mass is 10.5. The van der Waals surface area contributed by atoms with Crippen LogP contribution in [0.2, 0.25) is 0 Å². The maximum atomic E-state index is 11.6. The van der Waals surface area contributed by atoms with Crippen molar-refractivity contribution < 1.29 is 4.79 Å². The van der Waals surface area contributed by atoms with Gasteiger partial charge in [-0.05, 0) is 13.6 Å². The van der Waals surface area contributed by atoms with Crippen LogP contribution in [0.15, 0.2) is 0 Å². The SMILES string of the molecule is CCN(C)CCNC(=O)c1nnc(NC)s1. The normalized spacial score (nSPS) is 10.5. The summed E-state index contributed by atoms with van der Waals surface area (Å²) < 4.78 is 0. The number of nitrogens with one attached hydrogen (secondary N) is 2. The zero-order chi connectivity index (χ0) is 12.0. The van der Waals surface area contributed by atoms with E-state index in [0.717, 1.165) is 13.1 Å². The van der Waals surface area contributed by atoms with Crippen molar-refractivity contribution in [1.82, 2.24) is 20.4 Å². The Labute approximate surface area is 99.1 Å².